The molecule has 1 aromatic heterocycles. The van der Waals surface area contributed by atoms with Gasteiger partial charge in [0.1, 0.15) is 11.6 Å². The van der Waals surface area contributed by atoms with E-state index in [0.717, 1.165) is 22.4 Å². The Kier molecular flexibility index (Phi) is 3.48. The Morgan fingerprint density at radius 2 is 1.38 bits per heavy atom. The van der Waals surface area contributed by atoms with E-state index < -0.39 is 0 Å². The molecule has 0 aliphatic heterocycles. The Morgan fingerprint density at radius 3 is 2.00 bits per heavy atom. The van der Waals surface area contributed by atoms with Gasteiger partial charge in [-0.25, -0.2) is 8.78 Å². The molecule has 1 nitrogen and oxygen atoms in total. The molecule has 0 spiro atoms. The molecule has 3 rings (SSSR count). The van der Waals surface area contributed by atoms with Crippen LogP contribution in [0.4, 0.5) is 8.78 Å². The SMILES string of the molecule is Cc1nc(-c2cccc(F)c2)ccc1-c1cccc(F)c1. The van der Waals surface area contributed by atoms with Gasteiger partial charge >= 0.3 is 0 Å². The van der Waals surface area contributed by atoms with Crippen molar-refractivity contribution in [2.45, 2.75) is 6.92 Å². The smallest absolute Gasteiger partial charge is 0.123 e. The summed E-state index contributed by atoms with van der Waals surface area (Å²) in [4.78, 5) is 4.50. The second-order valence-electron chi connectivity index (χ2n) is 4.85. The molecular weight excluding hydrogens is 268 g/mol. The molecule has 0 saturated heterocycles. The molecule has 3 aromatic rings. The van der Waals surface area contributed by atoms with E-state index in [2.05, 4.69) is 4.98 Å². The van der Waals surface area contributed by atoms with Gasteiger partial charge < -0.3 is 0 Å². The summed E-state index contributed by atoms with van der Waals surface area (Å²) in [6, 6.07) is 16.4. The van der Waals surface area contributed by atoms with Crippen molar-refractivity contribution in [3.8, 4) is 22.4 Å². The second kappa shape index (κ2) is 5.44. The number of aryl methyl sites for hydroxylation is 1. The minimum Gasteiger partial charge on any atom is -0.252 e. The minimum atomic E-state index is -0.291. The number of nitrogens with zero attached hydrogens (tertiary/aromatic N) is 1. The highest BCUT2D eigenvalue weighted by atomic mass is 19.1. The van der Waals surface area contributed by atoms with E-state index in [1.54, 1.807) is 12.1 Å². The first kappa shape index (κ1) is 13.4. The molecule has 0 aliphatic rings. The molecule has 1 heterocycles. The van der Waals surface area contributed by atoms with Crippen molar-refractivity contribution in [1.29, 1.82) is 0 Å². The highest BCUT2D eigenvalue weighted by Gasteiger charge is 2.07. The predicted octanol–water partition coefficient (Wildman–Crippen LogP) is 5.00. The van der Waals surface area contributed by atoms with Crippen molar-refractivity contribution < 1.29 is 8.78 Å². The van der Waals surface area contributed by atoms with Gasteiger partial charge in [-0.2, -0.15) is 0 Å². The zero-order valence-electron chi connectivity index (χ0n) is 11.5. The summed E-state index contributed by atoms with van der Waals surface area (Å²) < 4.78 is 26.6. The van der Waals surface area contributed by atoms with Gasteiger partial charge in [0.05, 0.1) is 5.69 Å². The summed E-state index contributed by atoms with van der Waals surface area (Å²) in [5.41, 5.74) is 3.86. The first-order valence-corrected chi connectivity index (χ1v) is 6.63. The second-order valence-corrected chi connectivity index (χ2v) is 4.85. The number of halogens is 2. The average Bonchev–Trinajstić information content (AvgIpc) is 2.47. The molecular formula is C18H13F2N. The summed E-state index contributed by atoms with van der Waals surface area (Å²) in [7, 11) is 0. The fourth-order valence-electron chi connectivity index (χ4n) is 2.33. The molecule has 0 fully saturated rings. The molecule has 2 aromatic carbocycles. The lowest BCUT2D eigenvalue weighted by Gasteiger charge is -2.08. The van der Waals surface area contributed by atoms with Crippen LogP contribution in [0.5, 0.6) is 0 Å². The van der Waals surface area contributed by atoms with Crippen LogP contribution >= 0.6 is 0 Å². The molecule has 0 amide bonds. The Labute approximate surface area is 121 Å². The van der Waals surface area contributed by atoms with E-state index in [-0.39, 0.29) is 11.6 Å². The van der Waals surface area contributed by atoms with E-state index >= 15 is 0 Å². The third-order valence-electron chi connectivity index (χ3n) is 3.34. The predicted molar refractivity (Wildman–Crippen MR) is 79.8 cm³/mol. The number of rotatable bonds is 2. The average molecular weight is 281 g/mol. The van der Waals surface area contributed by atoms with E-state index in [9.17, 15) is 8.78 Å². The molecule has 0 unspecified atom stereocenters. The van der Waals surface area contributed by atoms with Crippen LogP contribution in [0.3, 0.4) is 0 Å². The molecule has 0 aliphatic carbocycles. The van der Waals surface area contributed by atoms with Crippen molar-refractivity contribution in [2.75, 3.05) is 0 Å². The van der Waals surface area contributed by atoms with E-state index in [1.807, 2.05) is 31.2 Å². The Balaban J connectivity index is 2.04. The first-order valence-electron chi connectivity index (χ1n) is 6.63. The topological polar surface area (TPSA) is 12.9 Å². The maximum Gasteiger partial charge on any atom is 0.123 e. The lowest BCUT2D eigenvalue weighted by molar-refractivity contribution is 0.628. The third kappa shape index (κ3) is 2.82. The van der Waals surface area contributed by atoms with Crippen molar-refractivity contribution in [3.05, 3.63) is 78.0 Å². The molecule has 0 bridgehead atoms. The van der Waals surface area contributed by atoms with Gasteiger partial charge in [0.2, 0.25) is 0 Å². The van der Waals surface area contributed by atoms with Gasteiger partial charge in [-0.15, -0.1) is 0 Å². The van der Waals surface area contributed by atoms with Crippen molar-refractivity contribution >= 4 is 0 Å². The van der Waals surface area contributed by atoms with Crippen molar-refractivity contribution in [3.63, 3.8) is 0 Å². The van der Waals surface area contributed by atoms with Crippen molar-refractivity contribution in [2.24, 2.45) is 0 Å². The Morgan fingerprint density at radius 1 is 0.762 bits per heavy atom. The quantitative estimate of drug-likeness (QED) is 0.644. The summed E-state index contributed by atoms with van der Waals surface area (Å²) in [5, 5.41) is 0. The van der Waals surface area contributed by atoms with Gasteiger partial charge in [-0.3, -0.25) is 4.98 Å². The third-order valence-corrected chi connectivity index (χ3v) is 3.34. The van der Waals surface area contributed by atoms with Crippen LogP contribution < -0.4 is 0 Å². The summed E-state index contributed by atoms with van der Waals surface area (Å²) in [6.07, 6.45) is 0. The fourth-order valence-corrected chi connectivity index (χ4v) is 2.33. The van der Waals surface area contributed by atoms with E-state index in [1.165, 1.54) is 24.3 Å². The first-order chi connectivity index (χ1) is 10.1. The highest BCUT2D eigenvalue weighted by Crippen LogP contribution is 2.26. The lowest BCUT2D eigenvalue weighted by atomic mass is 10.0. The maximum absolute atomic E-state index is 13.3. The molecule has 0 N–H and O–H groups in total. The highest BCUT2D eigenvalue weighted by molar-refractivity contribution is 5.69. The summed E-state index contributed by atoms with van der Waals surface area (Å²) in [5.74, 6) is -0.567. The molecule has 0 radical (unpaired) electrons. The van der Waals surface area contributed by atoms with Gasteiger partial charge in [-0.1, -0.05) is 30.3 Å². The standard InChI is InChI=1S/C18H13F2N/c1-12-17(13-4-2-6-15(19)10-13)8-9-18(21-12)14-5-3-7-16(20)11-14/h2-11H,1H3. The Hall–Kier alpha value is -2.55. The van der Waals surface area contributed by atoms with E-state index in [4.69, 9.17) is 0 Å². The van der Waals surface area contributed by atoms with Crippen molar-refractivity contribution in [1.82, 2.24) is 4.98 Å². The molecule has 21 heavy (non-hydrogen) atoms. The van der Waals surface area contributed by atoms with Crippen LogP contribution in [0.2, 0.25) is 0 Å². The monoisotopic (exact) mass is 281 g/mol. The number of hydrogen-bond acceptors (Lipinski definition) is 1. The van der Waals surface area contributed by atoms with Crippen LogP contribution in [0.1, 0.15) is 5.69 Å². The molecule has 3 heteroatoms. The number of hydrogen-bond donors (Lipinski definition) is 0. The van der Waals surface area contributed by atoms with Gasteiger partial charge in [0.15, 0.2) is 0 Å². The van der Waals surface area contributed by atoms with Gasteiger partial charge in [-0.05, 0) is 42.8 Å². The summed E-state index contributed by atoms with van der Waals surface area (Å²) in [6.45, 7) is 1.86. The Bertz CT molecular complexity index is 797. The summed E-state index contributed by atoms with van der Waals surface area (Å²) >= 11 is 0. The normalized spacial score (nSPS) is 10.6. The van der Waals surface area contributed by atoms with Crippen LogP contribution in [0.15, 0.2) is 60.7 Å². The van der Waals surface area contributed by atoms with Crippen LogP contribution in [0, 0.1) is 18.6 Å². The van der Waals surface area contributed by atoms with Crippen LogP contribution in [-0.2, 0) is 0 Å². The van der Waals surface area contributed by atoms with Gasteiger partial charge in [0.25, 0.3) is 0 Å². The minimum absolute atomic E-state index is 0.277. The van der Waals surface area contributed by atoms with Crippen LogP contribution in [0.25, 0.3) is 22.4 Å². The fraction of sp³-hybridized carbons (Fsp3) is 0.0556. The zero-order valence-corrected chi connectivity index (χ0v) is 11.5. The number of aromatic nitrogens is 1. The molecule has 104 valence electrons. The van der Waals surface area contributed by atoms with E-state index in [0.29, 0.717) is 5.69 Å². The largest absolute Gasteiger partial charge is 0.252 e. The van der Waals surface area contributed by atoms with Gasteiger partial charge in [0, 0.05) is 16.8 Å². The molecule has 0 atom stereocenters. The lowest BCUT2D eigenvalue weighted by Crippen LogP contribution is -1.92. The molecule has 0 saturated carbocycles. The maximum atomic E-state index is 13.3. The zero-order chi connectivity index (χ0) is 14.8. The van der Waals surface area contributed by atoms with Crippen LogP contribution in [-0.4, -0.2) is 4.98 Å². The number of benzene rings is 2. The number of pyridine rings is 1.